The molecule has 7 rings (SSSR count). The molecule has 8 nitrogen and oxygen atoms in total. The molecule has 5 heterocycles. The molecule has 2 aromatic carbocycles. The Morgan fingerprint density at radius 1 is 1.03 bits per heavy atom. The van der Waals surface area contributed by atoms with Gasteiger partial charge in [-0.3, -0.25) is 0 Å². The lowest BCUT2D eigenvalue weighted by Gasteiger charge is -2.34. The number of likely N-dealkylation sites (tertiary alicyclic amines) is 2. The highest BCUT2D eigenvalue weighted by molar-refractivity contribution is 6.36. The number of ether oxygens (including phenoxy) is 1. The Hall–Kier alpha value is -3.28. The summed E-state index contributed by atoms with van der Waals surface area (Å²) in [6.45, 7) is 4.99. The number of fused-ring (bicyclic) bond motifs is 3. The van der Waals surface area contributed by atoms with Crippen LogP contribution in [0.5, 0.6) is 6.01 Å². The van der Waals surface area contributed by atoms with Gasteiger partial charge in [0.1, 0.15) is 12.4 Å². The molecule has 0 aliphatic carbocycles. The molecule has 0 spiro atoms. The van der Waals surface area contributed by atoms with Crippen LogP contribution in [0.4, 0.5) is 11.5 Å². The summed E-state index contributed by atoms with van der Waals surface area (Å²) in [6, 6.07) is 13.9. The van der Waals surface area contributed by atoms with Crippen LogP contribution < -0.4 is 14.5 Å². The highest BCUT2D eigenvalue weighted by Gasteiger charge is 2.44. The van der Waals surface area contributed by atoms with E-state index in [1.165, 1.54) is 12.0 Å². The van der Waals surface area contributed by atoms with Crippen LogP contribution in [0.25, 0.3) is 10.8 Å². The molecular formula is C30H34ClN7O. The summed E-state index contributed by atoms with van der Waals surface area (Å²) in [4.78, 5) is 19.2. The molecular weight excluding hydrogens is 510 g/mol. The van der Waals surface area contributed by atoms with Gasteiger partial charge in [-0.25, -0.2) is 0 Å². The molecule has 0 bridgehead atoms. The summed E-state index contributed by atoms with van der Waals surface area (Å²) < 4.78 is 6.32. The Kier molecular flexibility index (Phi) is 6.37. The molecule has 3 atom stereocenters. The van der Waals surface area contributed by atoms with E-state index in [4.69, 9.17) is 26.3 Å². The van der Waals surface area contributed by atoms with E-state index in [9.17, 15) is 5.26 Å². The van der Waals surface area contributed by atoms with Gasteiger partial charge < -0.3 is 24.3 Å². The smallest absolute Gasteiger partial charge is 0.318 e. The second-order valence-corrected chi connectivity index (χ2v) is 11.7. The van der Waals surface area contributed by atoms with Gasteiger partial charge in [-0.2, -0.15) is 15.2 Å². The molecule has 0 radical (unpaired) electrons. The van der Waals surface area contributed by atoms with Crippen molar-refractivity contribution in [2.45, 2.75) is 56.8 Å². The van der Waals surface area contributed by atoms with Crippen LogP contribution in [0.15, 0.2) is 36.4 Å². The summed E-state index contributed by atoms with van der Waals surface area (Å²) in [7, 11) is 2.17. The third-order valence-electron chi connectivity index (χ3n) is 9.25. The van der Waals surface area contributed by atoms with Crippen molar-refractivity contribution < 1.29 is 4.74 Å². The fraction of sp³-hybridized carbons (Fsp3) is 0.500. The first-order valence-electron chi connectivity index (χ1n) is 14.2. The third kappa shape index (κ3) is 4.32. The quantitative estimate of drug-likeness (QED) is 0.437. The fourth-order valence-corrected chi connectivity index (χ4v) is 7.45. The number of likely N-dealkylation sites (N-methyl/N-ethyl adjacent to an activating group) is 1. The minimum Gasteiger partial charge on any atom is -0.462 e. The van der Waals surface area contributed by atoms with Gasteiger partial charge >= 0.3 is 6.01 Å². The largest absolute Gasteiger partial charge is 0.462 e. The maximum Gasteiger partial charge on any atom is 0.318 e. The van der Waals surface area contributed by atoms with E-state index in [-0.39, 0.29) is 6.04 Å². The third-order valence-corrected chi connectivity index (χ3v) is 9.56. The maximum absolute atomic E-state index is 9.63. The van der Waals surface area contributed by atoms with E-state index in [0.29, 0.717) is 31.2 Å². The first kappa shape index (κ1) is 24.7. The lowest BCUT2D eigenvalue weighted by molar-refractivity contribution is 0.187. The van der Waals surface area contributed by atoms with Crippen molar-refractivity contribution in [2.75, 3.05) is 49.6 Å². The van der Waals surface area contributed by atoms with Gasteiger partial charge in [0.2, 0.25) is 0 Å². The molecule has 3 saturated heterocycles. The molecule has 202 valence electrons. The van der Waals surface area contributed by atoms with Crippen LogP contribution in [0, 0.1) is 11.5 Å². The Labute approximate surface area is 234 Å². The predicted octanol–water partition coefficient (Wildman–Crippen LogP) is 4.45. The van der Waals surface area contributed by atoms with Gasteiger partial charge in [0.25, 0.3) is 0 Å². The molecule has 1 aromatic heterocycles. The number of benzene rings is 2. The van der Waals surface area contributed by atoms with Crippen LogP contribution >= 0.6 is 11.6 Å². The van der Waals surface area contributed by atoms with Crippen molar-refractivity contribution in [1.29, 1.82) is 5.26 Å². The fourth-order valence-electron chi connectivity index (χ4n) is 7.17. The van der Waals surface area contributed by atoms with Gasteiger partial charge in [-0.15, -0.1) is 0 Å². The first-order chi connectivity index (χ1) is 19.1. The second-order valence-electron chi connectivity index (χ2n) is 11.3. The average Bonchev–Trinajstić information content (AvgIpc) is 3.67. The van der Waals surface area contributed by atoms with Crippen molar-refractivity contribution in [3.05, 3.63) is 52.7 Å². The number of rotatable bonds is 5. The highest BCUT2D eigenvalue weighted by atomic mass is 35.5. The minimum atomic E-state index is 0.273. The molecule has 39 heavy (non-hydrogen) atoms. The van der Waals surface area contributed by atoms with E-state index >= 15 is 0 Å². The zero-order valence-corrected chi connectivity index (χ0v) is 23.1. The number of aromatic nitrogens is 2. The van der Waals surface area contributed by atoms with E-state index in [0.717, 1.165) is 84.9 Å². The number of nitrogens with zero attached hydrogens (tertiary/aromatic N) is 7. The number of halogens is 1. The lowest BCUT2D eigenvalue weighted by atomic mass is 10.0. The van der Waals surface area contributed by atoms with Gasteiger partial charge in [-0.1, -0.05) is 35.9 Å². The number of anilines is 2. The predicted molar refractivity (Wildman–Crippen MR) is 153 cm³/mol. The monoisotopic (exact) mass is 543 g/mol. The normalized spacial score (nSPS) is 24.7. The lowest BCUT2D eigenvalue weighted by Crippen LogP contribution is -2.38. The molecule has 0 N–H and O–H groups in total. The standard InChI is InChI=1S/C30H34ClN7O/c1-35-13-4-7-21(35)18-39-30-33-24-17-36(27-9-3-6-20-5-2-8-23(31)28(20)27)14-10-22(24)29(34-30)38-16-12-25-26(38)11-15-37(25)19-32/h2-3,5-6,8-9,21,25-26H,4,7,10-18H2,1H3/t21-,25?,26?/m0/s1. The Morgan fingerprint density at radius 2 is 1.87 bits per heavy atom. The first-order valence-corrected chi connectivity index (χ1v) is 14.6. The molecule has 4 aliphatic heterocycles. The van der Waals surface area contributed by atoms with Crippen LogP contribution in [0.1, 0.15) is 36.9 Å². The van der Waals surface area contributed by atoms with E-state index < -0.39 is 0 Å². The Morgan fingerprint density at radius 3 is 2.69 bits per heavy atom. The average molecular weight is 544 g/mol. The summed E-state index contributed by atoms with van der Waals surface area (Å²) in [6.07, 6.45) is 7.58. The van der Waals surface area contributed by atoms with Gasteiger partial charge in [0, 0.05) is 42.3 Å². The summed E-state index contributed by atoms with van der Waals surface area (Å²) >= 11 is 6.70. The molecule has 9 heteroatoms. The van der Waals surface area contributed by atoms with Crippen LogP contribution in [0.3, 0.4) is 0 Å². The van der Waals surface area contributed by atoms with Crippen LogP contribution in [-0.2, 0) is 13.0 Å². The van der Waals surface area contributed by atoms with Crippen molar-refractivity contribution in [3.8, 4) is 12.2 Å². The van der Waals surface area contributed by atoms with Crippen molar-refractivity contribution in [3.63, 3.8) is 0 Å². The molecule has 3 fully saturated rings. The van der Waals surface area contributed by atoms with Crippen molar-refractivity contribution in [2.24, 2.45) is 0 Å². The summed E-state index contributed by atoms with van der Waals surface area (Å²) in [5, 5.41) is 12.6. The van der Waals surface area contributed by atoms with Crippen molar-refractivity contribution >= 4 is 33.9 Å². The molecule has 4 aliphatic rings. The highest BCUT2D eigenvalue weighted by Crippen LogP contribution is 2.40. The van der Waals surface area contributed by atoms with Gasteiger partial charge in [0.05, 0.1) is 29.3 Å². The number of hydrogen-bond donors (Lipinski definition) is 0. The second kappa shape index (κ2) is 10.0. The van der Waals surface area contributed by atoms with Gasteiger partial charge in [0.15, 0.2) is 6.19 Å². The maximum atomic E-state index is 9.63. The molecule has 2 unspecified atom stereocenters. The van der Waals surface area contributed by atoms with Gasteiger partial charge in [-0.05, 0) is 63.2 Å². The number of hydrogen-bond acceptors (Lipinski definition) is 8. The van der Waals surface area contributed by atoms with Crippen LogP contribution in [0.2, 0.25) is 5.02 Å². The Balaban J connectivity index is 1.24. The summed E-state index contributed by atoms with van der Waals surface area (Å²) in [5.41, 5.74) is 3.39. The topological polar surface area (TPSA) is 71.8 Å². The van der Waals surface area contributed by atoms with Crippen molar-refractivity contribution in [1.82, 2.24) is 19.8 Å². The molecule has 3 aromatic rings. The summed E-state index contributed by atoms with van der Waals surface area (Å²) in [5.74, 6) is 1.01. The van der Waals surface area contributed by atoms with E-state index in [2.05, 4.69) is 52.2 Å². The zero-order chi connectivity index (χ0) is 26.5. The van der Waals surface area contributed by atoms with E-state index in [1.54, 1.807) is 0 Å². The zero-order valence-electron chi connectivity index (χ0n) is 22.4. The molecule has 0 saturated carbocycles. The number of nitriles is 1. The molecule has 0 amide bonds. The van der Waals surface area contributed by atoms with E-state index in [1.807, 2.05) is 17.0 Å². The minimum absolute atomic E-state index is 0.273. The van der Waals surface area contributed by atoms with Crippen LogP contribution in [-0.4, -0.2) is 77.7 Å². The Bertz CT molecular complexity index is 1440. The SMILES string of the molecule is CN1CCC[C@H]1COc1nc2c(c(N3CCC4C3CCN4C#N)n1)CCN(c1cccc3cccc(Cl)c13)C2.